The molecule has 1 aromatic heterocycles. The lowest BCUT2D eigenvalue weighted by Crippen LogP contribution is -2.40. The number of nitrogen functional groups attached to an aromatic ring is 1. The number of aromatic nitrogens is 1. The maximum atomic E-state index is 12.5. The van der Waals surface area contributed by atoms with Crippen molar-refractivity contribution in [1.82, 2.24) is 9.88 Å². The van der Waals surface area contributed by atoms with Crippen molar-refractivity contribution in [1.29, 1.82) is 0 Å². The van der Waals surface area contributed by atoms with Crippen molar-refractivity contribution < 1.29 is 9.53 Å². The Kier molecular flexibility index (Phi) is 2.68. The predicted octanol–water partition coefficient (Wildman–Crippen LogP) is 1.22. The number of nitrogens with two attached hydrogens (primary N) is 1. The Labute approximate surface area is 105 Å². The summed E-state index contributed by atoms with van der Waals surface area (Å²) in [4.78, 5) is 17.3. The van der Waals surface area contributed by atoms with Crippen LogP contribution in [0.1, 0.15) is 10.4 Å². The minimum Gasteiger partial charge on any atom is -0.385 e. The Morgan fingerprint density at radius 1 is 1.28 bits per heavy atom. The fourth-order valence-corrected chi connectivity index (χ4v) is 2.32. The van der Waals surface area contributed by atoms with Crippen LogP contribution in [0.5, 0.6) is 0 Å². The molecule has 1 fully saturated rings. The first-order valence-electron chi connectivity index (χ1n) is 6.00. The van der Waals surface area contributed by atoms with E-state index in [9.17, 15) is 4.79 Å². The third-order valence-electron chi connectivity index (χ3n) is 3.25. The van der Waals surface area contributed by atoms with Gasteiger partial charge in [0.15, 0.2) is 0 Å². The van der Waals surface area contributed by atoms with Gasteiger partial charge in [-0.15, -0.1) is 0 Å². The first-order chi connectivity index (χ1) is 8.77. The Morgan fingerprint density at radius 3 is 2.78 bits per heavy atom. The number of nitrogens with one attached hydrogen (secondary N) is 1. The summed E-state index contributed by atoms with van der Waals surface area (Å²) in [6.07, 6.45) is 0. The molecule has 94 valence electrons. The molecular formula is C13H15N3O2. The van der Waals surface area contributed by atoms with Crippen LogP contribution in [0.15, 0.2) is 24.3 Å². The summed E-state index contributed by atoms with van der Waals surface area (Å²) >= 11 is 0. The number of morpholine rings is 1. The van der Waals surface area contributed by atoms with Gasteiger partial charge in [0.1, 0.15) is 5.82 Å². The minimum absolute atomic E-state index is 0.0201. The lowest BCUT2D eigenvalue weighted by molar-refractivity contribution is 0.0305. The van der Waals surface area contributed by atoms with Crippen LogP contribution < -0.4 is 5.73 Å². The normalized spacial score (nSPS) is 16.1. The second kappa shape index (κ2) is 4.34. The molecule has 3 N–H and O–H groups in total. The summed E-state index contributed by atoms with van der Waals surface area (Å²) in [6.45, 7) is 2.43. The molecule has 0 unspecified atom stereocenters. The van der Waals surface area contributed by atoms with Crippen LogP contribution in [0.3, 0.4) is 0 Å². The summed E-state index contributed by atoms with van der Waals surface area (Å²) in [5.41, 5.74) is 7.40. The summed E-state index contributed by atoms with van der Waals surface area (Å²) < 4.78 is 5.25. The molecular weight excluding hydrogens is 230 g/mol. The number of amides is 1. The number of ether oxygens (including phenoxy) is 1. The third kappa shape index (κ3) is 1.73. The predicted molar refractivity (Wildman–Crippen MR) is 69.4 cm³/mol. The molecule has 0 saturated carbocycles. The second-order valence-corrected chi connectivity index (χ2v) is 4.36. The molecule has 1 aliphatic heterocycles. The van der Waals surface area contributed by atoms with Gasteiger partial charge in [0.2, 0.25) is 0 Å². The highest BCUT2D eigenvalue weighted by Gasteiger charge is 2.23. The van der Waals surface area contributed by atoms with E-state index in [-0.39, 0.29) is 5.91 Å². The van der Waals surface area contributed by atoms with Crippen molar-refractivity contribution in [3.8, 4) is 0 Å². The zero-order valence-electron chi connectivity index (χ0n) is 9.98. The van der Waals surface area contributed by atoms with E-state index in [2.05, 4.69) is 4.98 Å². The zero-order valence-corrected chi connectivity index (χ0v) is 9.98. The van der Waals surface area contributed by atoms with E-state index >= 15 is 0 Å². The first-order valence-corrected chi connectivity index (χ1v) is 6.00. The summed E-state index contributed by atoms with van der Waals surface area (Å²) in [5.74, 6) is 0.418. The molecule has 0 radical (unpaired) electrons. The molecule has 1 aliphatic rings. The minimum atomic E-state index is -0.0201. The number of rotatable bonds is 1. The van der Waals surface area contributed by atoms with Crippen LogP contribution in [0, 0.1) is 0 Å². The smallest absolute Gasteiger partial charge is 0.258 e. The molecule has 5 nitrogen and oxygen atoms in total. The van der Waals surface area contributed by atoms with Crippen molar-refractivity contribution in [2.24, 2.45) is 0 Å². The Balaban J connectivity index is 2.02. The van der Waals surface area contributed by atoms with Crippen molar-refractivity contribution in [2.45, 2.75) is 0 Å². The number of aromatic amines is 1. The molecule has 0 spiro atoms. The molecule has 2 heterocycles. The van der Waals surface area contributed by atoms with Crippen LogP contribution in [-0.4, -0.2) is 42.1 Å². The summed E-state index contributed by atoms with van der Waals surface area (Å²) in [6, 6.07) is 7.66. The van der Waals surface area contributed by atoms with E-state index in [0.29, 0.717) is 37.7 Å². The standard InChI is InChI=1S/C13H15N3O2/c14-12-11(9-3-1-2-4-10(9)15-12)13(17)16-5-7-18-8-6-16/h1-4,15H,5-8,14H2. The van der Waals surface area contributed by atoms with Crippen LogP contribution in [-0.2, 0) is 4.74 Å². The lowest BCUT2D eigenvalue weighted by Gasteiger charge is -2.26. The van der Waals surface area contributed by atoms with Gasteiger partial charge in [-0.2, -0.15) is 0 Å². The molecule has 0 bridgehead atoms. The number of carbonyl (C=O) groups is 1. The zero-order chi connectivity index (χ0) is 12.5. The fraction of sp³-hybridized carbons (Fsp3) is 0.308. The maximum absolute atomic E-state index is 12.5. The monoisotopic (exact) mass is 245 g/mol. The van der Waals surface area contributed by atoms with Gasteiger partial charge in [-0.1, -0.05) is 18.2 Å². The van der Waals surface area contributed by atoms with Gasteiger partial charge in [-0.05, 0) is 6.07 Å². The number of carbonyl (C=O) groups excluding carboxylic acids is 1. The quantitative estimate of drug-likeness (QED) is 0.793. The number of hydrogen-bond acceptors (Lipinski definition) is 3. The van der Waals surface area contributed by atoms with E-state index in [1.807, 2.05) is 24.3 Å². The maximum Gasteiger partial charge on any atom is 0.258 e. The van der Waals surface area contributed by atoms with E-state index in [1.165, 1.54) is 0 Å². The first kappa shape index (κ1) is 11.1. The third-order valence-corrected chi connectivity index (χ3v) is 3.25. The number of para-hydroxylation sites is 1. The van der Waals surface area contributed by atoms with Crippen LogP contribution in [0.25, 0.3) is 10.9 Å². The van der Waals surface area contributed by atoms with Crippen LogP contribution in [0.4, 0.5) is 5.82 Å². The van der Waals surface area contributed by atoms with Gasteiger partial charge in [-0.25, -0.2) is 0 Å². The summed E-state index contributed by atoms with van der Waals surface area (Å²) in [7, 11) is 0. The van der Waals surface area contributed by atoms with Gasteiger partial charge >= 0.3 is 0 Å². The van der Waals surface area contributed by atoms with Gasteiger partial charge in [0, 0.05) is 24.0 Å². The van der Waals surface area contributed by atoms with Crippen molar-refractivity contribution in [2.75, 3.05) is 32.0 Å². The Hall–Kier alpha value is -2.01. The van der Waals surface area contributed by atoms with E-state index in [4.69, 9.17) is 10.5 Å². The molecule has 1 aromatic carbocycles. The van der Waals surface area contributed by atoms with E-state index < -0.39 is 0 Å². The Morgan fingerprint density at radius 2 is 2.00 bits per heavy atom. The molecule has 5 heteroatoms. The van der Waals surface area contributed by atoms with Crippen molar-refractivity contribution in [3.63, 3.8) is 0 Å². The van der Waals surface area contributed by atoms with Crippen molar-refractivity contribution in [3.05, 3.63) is 29.8 Å². The highest BCUT2D eigenvalue weighted by Crippen LogP contribution is 2.25. The lowest BCUT2D eigenvalue weighted by atomic mass is 10.1. The van der Waals surface area contributed by atoms with Crippen molar-refractivity contribution >= 4 is 22.6 Å². The van der Waals surface area contributed by atoms with Gasteiger partial charge in [0.05, 0.1) is 18.8 Å². The number of H-pyrrole nitrogens is 1. The number of hydrogen-bond donors (Lipinski definition) is 2. The molecule has 0 aliphatic carbocycles. The number of benzene rings is 1. The van der Waals surface area contributed by atoms with E-state index in [1.54, 1.807) is 4.90 Å². The molecule has 18 heavy (non-hydrogen) atoms. The number of fused-ring (bicyclic) bond motifs is 1. The van der Waals surface area contributed by atoms with Crippen LogP contribution in [0.2, 0.25) is 0 Å². The highest BCUT2D eigenvalue weighted by atomic mass is 16.5. The van der Waals surface area contributed by atoms with Gasteiger partial charge in [0.25, 0.3) is 5.91 Å². The average Bonchev–Trinajstić information content (AvgIpc) is 2.75. The second-order valence-electron chi connectivity index (χ2n) is 4.36. The molecule has 3 rings (SSSR count). The molecule has 1 saturated heterocycles. The van der Waals surface area contributed by atoms with Crippen LogP contribution >= 0.6 is 0 Å². The van der Waals surface area contributed by atoms with Gasteiger partial charge < -0.3 is 20.4 Å². The number of anilines is 1. The van der Waals surface area contributed by atoms with E-state index in [0.717, 1.165) is 10.9 Å². The fourth-order valence-electron chi connectivity index (χ4n) is 2.32. The molecule has 0 atom stereocenters. The SMILES string of the molecule is Nc1[nH]c2ccccc2c1C(=O)N1CCOCC1. The van der Waals surface area contributed by atoms with Gasteiger partial charge in [-0.3, -0.25) is 4.79 Å². The largest absolute Gasteiger partial charge is 0.385 e. The average molecular weight is 245 g/mol. The highest BCUT2D eigenvalue weighted by molar-refractivity contribution is 6.11. The molecule has 2 aromatic rings. The Bertz CT molecular complexity index is 585. The number of nitrogens with zero attached hydrogens (tertiary/aromatic N) is 1. The molecule has 1 amide bonds. The summed E-state index contributed by atoms with van der Waals surface area (Å²) in [5, 5.41) is 0.881. The topological polar surface area (TPSA) is 71.4 Å².